The Kier molecular flexibility index (Phi) is 6.42. The van der Waals surface area contributed by atoms with Crippen molar-refractivity contribution in [2.24, 2.45) is 0 Å². The maximum absolute atomic E-state index is 12.6. The van der Waals surface area contributed by atoms with E-state index in [9.17, 15) is 20.3 Å². The smallest absolute Gasteiger partial charge is 0.259 e. The monoisotopic (exact) mass is 460 g/mol. The van der Waals surface area contributed by atoms with E-state index in [1.54, 1.807) is 37.3 Å². The Morgan fingerprint density at radius 3 is 2.30 bits per heavy atom. The van der Waals surface area contributed by atoms with Crippen molar-refractivity contribution in [2.75, 3.05) is 5.32 Å². The van der Waals surface area contributed by atoms with Gasteiger partial charge in [-0.3, -0.25) is 4.79 Å². The Bertz CT molecular complexity index is 1170. The van der Waals surface area contributed by atoms with Gasteiger partial charge in [-0.1, -0.05) is 53.0 Å². The molecule has 0 aliphatic carbocycles. The number of nitrogens with one attached hydrogen (secondary N) is 1. The molecule has 1 unspecified atom stereocenters. The average molecular weight is 462 g/mol. The van der Waals surface area contributed by atoms with Crippen molar-refractivity contribution < 1.29 is 15.0 Å². The molecule has 5 nitrogen and oxygen atoms in total. The summed E-state index contributed by atoms with van der Waals surface area (Å²) in [5.74, 6) is -2.46. The molecule has 0 aliphatic rings. The van der Waals surface area contributed by atoms with Gasteiger partial charge in [0.1, 0.15) is 0 Å². The van der Waals surface area contributed by atoms with Crippen LogP contribution in [-0.4, -0.2) is 16.1 Å². The lowest BCUT2D eigenvalue weighted by Gasteiger charge is -2.16. The number of aromatic hydroxyl groups is 2. The van der Waals surface area contributed by atoms with E-state index in [2.05, 4.69) is 11.4 Å². The first-order chi connectivity index (χ1) is 14.2. The van der Waals surface area contributed by atoms with Crippen LogP contribution in [0.1, 0.15) is 33.0 Å². The number of phenolic OH excluding ortho intramolecular Hbond substituents is 2. The number of benzene rings is 3. The van der Waals surface area contributed by atoms with Crippen molar-refractivity contribution in [3.63, 3.8) is 0 Å². The number of amides is 1. The van der Waals surface area contributed by atoms with Crippen LogP contribution in [0.2, 0.25) is 15.1 Å². The van der Waals surface area contributed by atoms with Gasteiger partial charge in [0, 0.05) is 15.7 Å². The maximum Gasteiger partial charge on any atom is 0.259 e. The number of rotatable bonds is 4. The van der Waals surface area contributed by atoms with E-state index in [4.69, 9.17) is 34.8 Å². The van der Waals surface area contributed by atoms with Crippen LogP contribution in [0.5, 0.6) is 11.5 Å². The number of nitrogens with zero attached hydrogens (tertiary/aromatic N) is 1. The van der Waals surface area contributed by atoms with Crippen LogP contribution in [0.4, 0.5) is 5.69 Å². The van der Waals surface area contributed by atoms with Gasteiger partial charge in [-0.15, -0.1) is 0 Å². The summed E-state index contributed by atoms with van der Waals surface area (Å²) >= 11 is 18.1. The summed E-state index contributed by atoms with van der Waals surface area (Å²) in [4.78, 5) is 12.6. The van der Waals surface area contributed by atoms with Crippen molar-refractivity contribution in [3.8, 4) is 17.6 Å². The van der Waals surface area contributed by atoms with Crippen LogP contribution in [0.15, 0.2) is 48.5 Å². The number of halogens is 3. The number of aryl methyl sites for hydroxylation is 1. The van der Waals surface area contributed by atoms with E-state index in [-0.39, 0.29) is 10.6 Å². The highest BCUT2D eigenvalue weighted by atomic mass is 35.5. The van der Waals surface area contributed by atoms with Crippen LogP contribution in [0, 0.1) is 18.3 Å². The summed E-state index contributed by atoms with van der Waals surface area (Å²) in [6.45, 7) is 1.75. The lowest BCUT2D eigenvalue weighted by atomic mass is 9.91. The topological polar surface area (TPSA) is 93.4 Å². The second kappa shape index (κ2) is 8.85. The van der Waals surface area contributed by atoms with Crippen LogP contribution >= 0.6 is 34.8 Å². The van der Waals surface area contributed by atoms with E-state index in [1.807, 2.05) is 0 Å². The molecule has 0 spiro atoms. The first-order valence-electron chi connectivity index (χ1n) is 8.69. The van der Waals surface area contributed by atoms with Crippen LogP contribution in [0.3, 0.4) is 0 Å². The van der Waals surface area contributed by atoms with Crippen molar-refractivity contribution in [3.05, 3.63) is 85.9 Å². The zero-order chi connectivity index (χ0) is 22.0. The van der Waals surface area contributed by atoms with Crippen LogP contribution < -0.4 is 5.32 Å². The number of anilines is 1. The van der Waals surface area contributed by atoms with Crippen molar-refractivity contribution >= 4 is 46.4 Å². The molecule has 30 heavy (non-hydrogen) atoms. The van der Waals surface area contributed by atoms with Gasteiger partial charge in [0.25, 0.3) is 5.91 Å². The summed E-state index contributed by atoms with van der Waals surface area (Å²) in [6.07, 6.45) is 0. The molecule has 3 aromatic carbocycles. The third kappa shape index (κ3) is 4.31. The molecule has 0 saturated heterocycles. The minimum atomic E-state index is -0.652. The predicted molar refractivity (Wildman–Crippen MR) is 118 cm³/mol. The molecule has 1 atom stereocenters. The number of phenols is 2. The number of nitriles is 1. The predicted octanol–water partition coefficient (Wildman–Crippen LogP) is 6.27. The lowest BCUT2D eigenvalue weighted by molar-refractivity contribution is 0.102. The number of carbonyl (C=O) groups is 1. The van der Waals surface area contributed by atoms with Gasteiger partial charge in [-0.05, 0) is 53.9 Å². The molecule has 0 heterocycles. The molecule has 0 aliphatic heterocycles. The minimum absolute atomic E-state index is 0.0719. The Hall–Kier alpha value is -2.91. The largest absolute Gasteiger partial charge is 0.504 e. The summed E-state index contributed by atoms with van der Waals surface area (Å²) in [5, 5.41) is 32.8. The molecule has 0 bridgehead atoms. The quantitative estimate of drug-likeness (QED) is 0.399. The van der Waals surface area contributed by atoms with Gasteiger partial charge >= 0.3 is 0 Å². The molecular weight excluding hydrogens is 447 g/mol. The molecule has 3 rings (SSSR count). The Morgan fingerprint density at radius 2 is 1.67 bits per heavy atom. The normalized spacial score (nSPS) is 11.6. The fraction of sp³-hybridized carbons (Fsp3) is 0.0909. The molecule has 8 heteroatoms. The van der Waals surface area contributed by atoms with E-state index in [0.29, 0.717) is 26.9 Å². The molecule has 0 radical (unpaired) electrons. The third-order valence-electron chi connectivity index (χ3n) is 4.58. The van der Waals surface area contributed by atoms with Gasteiger partial charge in [-0.25, -0.2) is 0 Å². The highest BCUT2D eigenvalue weighted by Gasteiger charge is 2.21. The zero-order valence-corrected chi connectivity index (χ0v) is 17.8. The second-order valence-electron chi connectivity index (χ2n) is 6.55. The van der Waals surface area contributed by atoms with Gasteiger partial charge in [-0.2, -0.15) is 5.26 Å². The van der Waals surface area contributed by atoms with E-state index >= 15 is 0 Å². The van der Waals surface area contributed by atoms with Crippen molar-refractivity contribution in [1.82, 2.24) is 0 Å². The molecule has 3 N–H and O–H groups in total. The number of hydrogen-bond acceptors (Lipinski definition) is 4. The van der Waals surface area contributed by atoms with Gasteiger partial charge in [0.05, 0.1) is 22.6 Å². The minimum Gasteiger partial charge on any atom is -0.504 e. The Labute approximate surface area is 188 Å². The third-order valence-corrected chi connectivity index (χ3v) is 5.47. The van der Waals surface area contributed by atoms with Crippen molar-refractivity contribution in [2.45, 2.75) is 12.8 Å². The SMILES string of the molecule is Cc1cc(C(C#N)c2ccc(Cl)cc2)c(Cl)cc1NC(=O)c1ccc(Cl)c(O)c1O. The van der Waals surface area contributed by atoms with Gasteiger partial charge < -0.3 is 15.5 Å². The zero-order valence-electron chi connectivity index (χ0n) is 15.6. The van der Waals surface area contributed by atoms with Gasteiger partial charge in [0.2, 0.25) is 0 Å². The summed E-state index contributed by atoms with van der Waals surface area (Å²) in [5.41, 5.74) is 2.24. The van der Waals surface area contributed by atoms with Crippen LogP contribution in [-0.2, 0) is 0 Å². The first-order valence-corrected chi connectivity index (χ1v) is 9.83. The molecule has 0 fully saturated rings. The van der Waals surface area contributed by atoms with Crippen molar-refractivity contribution in [1.29, 1.82) is 5.26 Å². The standard InChI is InChI=1S/C22H15Cl3N2O3/c1-11-8-15(16(10-26)12-2-4-13(23)5-3-12)18(25)9-19(11)27-22(30)14-6-7-17(24)21(29)20(14)28/h2-9,16,28-29H,1H3,(H,27,30). The summed E-state index contributed by atoms with van der Waals surface area (Å²) in [7, 11) is 0. The number of carbonyl (C=O) groups excluding carboxylic acids is 1. The van der Waals surface area contributed by atoms with E-state index < -0.39 is 23.3 Å². The molecule has 1 amide bonds. The lowest BCUT2D eigenvalue weighted by Crippen LogP contribution is -2.13. The Balaban J connectivity index is 1.93. The molecule has 0 aromatic heterocycles. The fourth-order valence-electron chi connectivity index (χ4n) is 2.97. The molecule has 152 valence electrons. The summed E-state index contributed by atoms with van der Waals surface area (Å²) < 4.78 is 0. The fourth-order valence-corrected chi connectivity index (χ4v) is 3.52. The Morgan fingerprint density at radius 1 is 1.00 bits per heavy atom. The number of hydrogen-bond donors (Lipinski definition) is 3. The van der Waals surface area contributed by atoms with Gasteiger partial charge in [0.15, 0.2) is 11.5 Å². The highest BCUT2D eigenvalue weighted by molar-refractivity contribution is 6.33. The second-order valence-corrected chi connectivity index (χ2v) is 7.80. The molecular formula is C22H15Cl3N2O3. The first kappa shape index (κ1) is 21.8. The summed E-state index contributed by atoms with van der Waals surface area (Å²) in [6, 6.07) is 15.0. The van der Waals surface area contributed by atoms with E-state index in [1.165, 1.54) is 18.2 Å². The van der Waals surface area contributed by atoms with Crippen LogP contribution in [0.25, 0.3) is 0 Å². The highest BCUT2D eigenvalue weighted by Crippen LogP contribution is 2.37. The van der Waals surface area contributed by atoms with E-state index in [0.717, 1.165) is 5.56 Å². The molecule has 0 saturated carbocycles. The maximum atomic E-state index is 12.6. The average Bonchev–Trinajstić information content (AvgIpc) is 2.71. The molecule has 3 aromatic rings.